The molecule has 0 unspecified atom stereocenters. The van der Waals surface area contributed by atoms with Gasteiger partial charge in [0, 0.05) is 37.6 Å². The summed E-state index contributed by atoms with van der Waals surface area (Å²) in [5.41, 5.74) is 6.66. The molecule has 0 bridgehead atoms. The van der Waals surface area contributed by atoms with Gasteiger partial charge in [-0.2, -0.15) is 0 Å². The Morgan fingerprint density at radius 2 is 1.61 bits per heavy atom. The number of hydrogen-bond acceptors (Lipinski definition) is 7. The number of ether oxygens (including phenoxy) is 2. The molecule has 41 heavy (non-hydrogen) atoms. The van der Waals surface area contributed by atoms with E-state index in [1.807, 2.05) is 48.5 Å². The van der Waals surface area contributed by atoms with Crippen molar-refractivity contribution >= 4 is 5.91 Å². The zero-order chi connectivity index (χ0) is 28.8. The molecule has 0 radical (unpaired) electrons. The summed E-state index contributed by atoms with van der Waals surface area (Å²) < 4.78 is 11.4. The van der Waals surface area contributed by atoms with Crippen LogP contribution in [0.25, 0.3) is 22.5 Å². The van der Waals surface area contributed by atoms with Crippen LogP contribution in [0, 0.1) is 5.92 Å². The lowest BCUT2D eigenvalue weighted by atomic mass is 9.98. The standard InChI is InChI=1S/C32H36N6O3/c1-22(2)14-19-28-29(32(40-3)41-4)38(31(39)25-10-6-5-7-11-25)21-37(28)20-23-15-17-24(18-16-23)26-12-8-9-13-27(26)30-33-35-36-34-30/h5-13,15-18,22,32H,14,19-21H2,1-4H3,(H,33,34,35,36). The van der Waals surface area contributed by atoms with Gasteiger partial charge in [0.2, 0.25) is 0 Å². The number of aromatic nitrogens is 4. The average molecular weight is 553 g/mol. The van der Waals surface area contributed by atoms with Crippen LogP contribution in [0.2, 0.25) is 0 Å². The number of aromatic amines is 1. The minimum Gasteiger partial charge on any atom is -0.351 e. The largest absolute Gasteiger partial charge is 0.351 e. The molecule has 0 saturated carbocycles. The summed E-state index contributed by atoms with van der Waals surface area (Å²) in [5, 5.41) is 14.4. The van der Waals surface area contributed by atoms with Crippen molar-refractivity contribution in [2.45, 2.75) is 39.5 Å². The van der Waals surface area contributed by atoms with Crippen molar-refractivity contribution in [3.8, 4) is 22.5 Å². The fourth-order valence-corrected chi connectivity index (χ4v) is 5.22. The molecular formula is C32H36N6O3. The molecule has 1 N–H and O–H groups in total. The van der Waals surface area contributed by atoms with Crippen LogP contribution in [-0.4, -0.2) is 63.5 Å². The molecule has 212 valence electrons. The van der Waals surface area contributed by atoms with Crippen LogP contribution in [0.15, 0.2) is 90.3 Å². The Hall–Kier alpha value is -4.34. The van der Waals surface area contributed by atoms with Crippen molar-refractivity contribution in [3.63, 3.8) is 0 Å². The Morgan fingerprint density at radius 1 is 0.927 bits per heavy atom. The van der Waals surface area contributed by atoms with Crippen molar-refractivity contribution in [2.24, 2.45) is 5.92 Å². The molecule has 9 heteroatoms. The van der Waals surface area contributed by atoms with Crippen LogP contribution >= 0.6 is 0 Å². The number of methoxy groups -OCH3 is 2. The zero-order valence-corrected chi connectivity index (χ0v) is 23.9. The molecule has 1 aliphatic rings. The number of amides is 1. The molecule has 0 saturated heterocycles. The number of nitrogens with zero attached hydrogens (tertiary/aromatic N) is 5. The number of tetrazole rings is 1. The summed E-state index contributed by atoms with van der Waals surface area (Å²) in [6.45, 7) is 5.48. The average Bonchev–Trinajstić information content (AvgIpc) is 3.66. The molecule has 0 aliphatic carbocycles. The van der Waals surface area contributed by atoms with Crippen molar-refractivity contribution in [1.29, 1.82) is 0 Å². The minimum absolute atomic E-state index is 0.0712. The SMILES string of the molecule is COC(OC)C1=C(CCC(C)C)N(Cc2ccc(-c3ccccc3-c3nnn[nH]3)cc2)CN1C(=O)c1ccccc1. The molecule has 0 fully saturated rings. The second kappa shape index (κ2) is 12.9. The van der Waals surface area contributed by atoms with Gasteiger partial charge in [0.25, 0.3) is 5.91 Å². The van der Waals surface area contributed by atoms with E-state index >= 15 is 0 Å². The van der Waals surface area contributed by atoms with E-state index < -0.39 is 6.29 Å². The van der Waals surface area contributed by atoms with Gasteiger partial charge in [0.1, 0.15) is 0 Å². The Morgan fingerprint density at radius 3 is 2.24 bits per heavy atom. The van der Waals surface area contributed by atoms with E-state index in [-0.39, 0.29) is 5.91 Å². The van der Waals surface area contributed by atoms with Gasteiger partial charge in [-0.1, -0.05) is 80.6 Å². The van der Waals surface area contributed by atoms with Crippen LogP contribution in [0.4, 0.5) is 0 Å². The molecule has 5 rings (SSSR count). The predicted octanol–water partition coefficient (Wildman–Crippen LogP) is 5.72. The van der Waals surface area contributed by atoms with E-state index in [2.05, 4.69) is 69.7 Å². The third-order valence-corrected chi connectivity index (χ3v) is 7.32. The number of allylic oxidation sites excluding steroid dienone is 1. The van der Waals surface area contributed by atoms with Crippen molar-refractivity contribution in [3.05, 3.63) is 101 Å². The normalized spacial score (nSPS) is 13.6. The molecule has 0 atom stereocenters. The topological polar surface area (TPSA) is 96.5 Å². The Balaban J connectivity index is 1.46. The first-order valence-corrected chi connectivity index (χ1v) is 13.8. The summed E-state index contributed by atoms with van der Waals surface area (Å²) in [6.07, 6.45) is 1.14. The highest BCUT2D eigenvalue weighted by Gasteiger charge is 2.37. The van der Waals surface area contributed by atoms with E-state index in [0.717, 1.165) is 46.5 Å². The summed E-state index contributed by atoms with van der Waals surface area (Å²) in [5.74, 6) is 1.06. The molecule has 1 amide bonds. The first-order valence-electron chi connectivity index (χ1n) is 13.8. The monoisotopic (exact) mass is 552 g/mol. The zero-order valence-electron chi connectivity index (χ0n) is 23.9. The maximum Gasteiger partial charge on any atom is 0.259 e. The maximum atomic E-state index is 13.7. The van der Waals surface area contributed by atoms with Gasteiger partial charge in [-0.05, 0) is 58.0 Å². The number of H-pyrrole nitrogens is 1. The molecule has 3 aromatic carbocycles. The van der Waals surface area contributed by atoms with E-state index in [1.165, 1.54) is 0 Å². The highest BCUT2D eigenvalue weighted by Crippen LogP contribution is 2.35. The van der Waals surface area contributed by atoms with Gasteiger partial charge in [-0.3, -0.25) is 9.69 Å². The third-order valence-electron chi connectivity index (χ3n) is 7.32. The van der Waals surface area contributed by atoms with E-state index in [1.54, 1.807) is 19.1 Å². The van der Waals surface area contributed by atoms with E-state index in [4.69, 9.17) is 9.47 Å². The second-order valence-corrected chi connectivity index (χ2v) is 10.5. The fraction of sp³-hybridized carbons (Fsp3) is 0.312. The summed E-state index contributed by atoms with van der Waals surface area (Å²) in [4.78, 5) is 17.8. The Kier molecular flexibility index (Phi) is 8.86. The predicted molar refractivity (Wildman–Crippen MR) is 157 cm³/mol. The van der Waals surface area contributed by atoms with Crippen LogP contribution in [-0.2, 0) is 16.0 Å². The van der Waals surface area contributed by atoms with Gasteiger partial charge in [0.05, 0.1) is 12.4 Å². The minimum atomic E-state index is -0.653. The number of carbonyl (C=O) groups is 1. The Labute approximate surface area is 240 Å². The molecule has 0 spiro atoms. The van der Waals surface area contributed by atoms with Gasteiger partial charge in [0.15, 0.2) is 12.1 Å². The number of nitrogens with one attached hydrogen (secondary N) is 1. The van der Waals surface area contributed by atoms with Gasteiger partial charge >= 0.3 is 0 Å². The van der Waals surface area contributed by atoms with Crippen LogP contribution in [0.3, 0.4) is 0 Å². The van der Waals surface area contributed by atoms with Crippen LogP contribution in [0.5, 0.6) is 0 Å². The summed E-state index contributed by atoms with van der Waals surface area (Å²) in [7, 11) is 3.22. The lowest BCUT2D eigenvalue weighted by Gasteiger charge is -2.25. The number of hydrogen-bond donors (Lipinski definition) is 1. The van der Waals surface area contributed by atoms with Gasteiger partial charge < -0.3 is 14.4 Å². The second-order valence-electron chi connectivity index (χ2n) is 10.5. The lowest BCUT2D eigenvalue weighted by molar-refractivity contribution is -0.0862. The van der Waals surface area contributed by atoms with Gasteiger partial charge in [-0.15, -0.1) is 5.10 Å². The molecule has 9 nitrogen and oxygen atoms in total. The number of benzene rings is 3. The molecule has 4 aromatic rings. The molecule has 2 heterocycles. The number of rotatable bonds is 11. The molecule has 1 aromatic heterocycles. The maximum absolute atomic E-state index is 13.7. The first-order chi connectivity index (χ1) is 20.0. The van der Waals surface area contributed by atoms with Crippen LogP contribution < -0.4 is 0 Å². The van der Waals surface area contributed by atoms with Crippen LogP contribution in [0.1, 0.15) is 42.6 Å². The highest BCUT2D eigenvalue weighted by molar-refractivity contribution is 5.95. The number of carbonyl (C=O) groups excluding carboxylic acids is 1. The first kappa shape index (κ1) is 28.2. The summed E-state index contributed by atoms with van der Waals surface area (Å²) >= 11 is 0. The quantitative estimate of drug-likeness (QED) is 0.238. The van der Waals surface area contributed by atoms with Gasteiger partial charge in [-0.25, -0.2) is 5.10 Å². The highest BCUT2D eigenvalue weighted by atomic mass is 16.7. The molecular weight excluding hydrogens is 516 g/mol. The van der Waals surface area contributed by atoms with E-state index in [9.17, 15) is 4.79 Å². The van der Waals surface area contributed by atoms with Crippen molar-refractivity contribution < 1.29 is 14.3 Å². The smallest absolute Gasteiger partial charge is 0.259 e. The summed E-state index contributed by atoms with van der Waals surface area (Å²) in [6, 6.07) is 25.9. The Bertz CT molecular complexity index is 1470. The van der Waals surface area contributed by atoms with E-state index in [0.29, 0.717) is 30.5 Å². The molecule has 1 aliphatic heterocycles. The van der Waals surface area contributed by atoms with Crippen molar-refractivity contribution in [2.75, 3.05) is 20.9 Å². The third kappa shape index (κ3) is 6.21. The fourth-order valence-electron chi connectivity index (χ4n) is 5.22. The lowest BCUT2D eigenvalue weighted by Crippen LogP contribution is -2.36. The van der Waals surface area contributed by atoms with Crippen molar-refractivity contribution in [1.82, 2.24) is 30.4 Å².